The summed E-state index contributed by atoms with van der Waals surface area (Å²) in [5, 5.41) is 16.3. The number of hydrogen-bond donors (Lipinski definition) is 1. The number of nitrogens with zero attached hydrogens (tertiary/aromatic N) is 4. The monoisotopic (exact) mass is 898 g/mol. The van der Waals surface area contributed by atoms with Crippen LogP contribution < -0.4 is 0 Å². The summed E-state index contributed by atoms with van der Waals surface area (Å²) in [5.41, 5.74) is 16.6. The molecular weight excluding hydrogens is 841 g/mol. The van der Waals surface area contributed by atoms with Crippen LogP contribution in [-0.2, 0) is 16.2 Å². The van der Waals surface area contributed by atoms with Crippen LogP contribution in [0.3, 0.4) is 0 Å². The van der Waals surface area contributed by atoms with Crippen LogP contribution in [0.1, 0.15) is 79.0 Å². The van der Waals surface area contributed by atoms with Gasteiger partial charge in [-0.05, 0) is 116 Å². The van der Waals surface area contributed by atoms with Crippen LogP contribution in [0, 0.1) is 0 Å². The lowest BCUT2D eigenvalue weighted by Gasteiger charge is -2.27. The Kier molecular flexibility index (Phi) is 10.3. The second kappa shape index (κ2) is 16.2. The third-order valence-corrected chi connectivity index (χ3v) is 13.9. The third-order valence-electron chi connectivity index (χ3n) is 13.9. The molecule has 0 aliphatic rings. The molecule has 69 heavy (non-hydrogen) atoms. The van der Waals surface area contributed by atoms with Crippen molar-refractivity contribution < 1.29 is 5.11 Å². The van der Waals surface area contributed by atoms with Gasteiger partial charge in [0.15, 0.2) is 0 Å². The van der Waals surface area contributed by atoms with Crippen molar-refractivity contribution in [1.82, 2.24) is 19.1 Å². The highest BCUT2D eigenvalue weighted by atomic mass is 16.3. The van der Waals surface area contributed by atoms with Crippen LogP contribution in [0.5, 0.6) is 5.75 Å². The number of fused-ring (bicyclic) bond motifs is 5. The highest BCUT2D eigenvalue weighted by molar-refractivity contribution is 6.15. The van der Waals surface area contributed by atoms with E-state index >= 15 is 0 Å². The summed E-state index contributed by atoms with van der Waals surface area (Å²) < 4.78 is 4.70. The molecule has 0 fully saturated rings. The van der Waals surface area contributed by atoms with Crippen molar-refractivity contribution in [3.63, 3.8) is 0 Å². The molecule has 1 N–H and O–H groups in total. The fraction of sp³-hybridized carbons (Fsp3) is 0.188. The first-order valence-electron chi connectivity index (χ1n) is 24.1. The van der Waals surface area contributed by atoms with E-state index < -0.39 is 0 Å². The van der Waals surface area contributed by atoms with Gasteiger partial charge in [-0.1, -0.05) is 172 Å². The highest BCUT2D eigenvalue weighted by Crippen LogP contribution is 2.44. The topological polar surface area (TPSA) is 55.9 Å². The van der Waals surface area contributed by atoms with Gasteiger partial charge in [-0.3, -0.25) is 9.55 Å². The fourth-order valence-corrected chi connectivity index (χ4v) is 10.1. The van der Waals surface area contributed by atoms with Crippen LogP contribution >= 0.6 is 0 Å². The molecule has 5 heteroatoms. The van der Waals surface area contributed by atoms with E-state index in [0.717, 1.165) is 55.9 Å². The maximum absolute atomic E-state index is 11.5. The van der Waals surface area contributed by atoms with Crippen LogP contribution in [0.4, 0.5) is 0 Å². The molecule has 0 saturated carbocycles. The molecule has 340 valence electrons. The molecule has 0 spiro atoms. The number of aromatic hydroxyl groups is 1. The highest BCUT2D eigenvalue weighted by Gasteiger charge is 2.26. The van der Waals surface area contributed by atoms with E-state index in [4.69, 9.17) is 9.97 Å². The minimum atomic E-state index is -0.168. The summed E-state index contributed by atoms with van der Waals surface area (Å²) >= 11 is 0. The molecule has 11 aromatic rings. The Morgan fingerprint density at radius 3 is 1.77 bits per heavy atom. The second-order valence-electron chi connectivity index (χ2n) is 21.8. The quantitative estimate of drug-likeness (QED) is 0.181. The maximum atomic E-state index is 11.5. The van der Waals surface area contributed by atoms with Gasteiger partial charge in [0.05, 0.1) is 39.0 Å². The lowest BCUT2D eigenvalue weighted by Crippen LogP contribution is -2.17. The third kappa shape index (κ3) is 7.67. The number of benzene rings is 8. The van der Waals surface area contributed by atoms with Crippen LogP contribution in [0.15, 0.2) is 182 Å². The second-order valence-corrected chi connectivity index (χ2v) is 21.8. The summed E-state index contributed by atoms with van der Waals surface area (Å²) in [6.45, 7) is 20.4. The summed E-state index contributed by atoms with van der Waals surface area (Å²) in [6.07, 6.45) is 1.95. The zero-order chi connectivity index (χ0) is 48.0. The van der Waals surface area contributed by atoms with Crippen molar-refractivity contribution in [3.8, 4) is 62.0 Å². The van der Waals surface area contributed by atoms with Crippen molar-refractivity contribution in [2.24, 2.45) is 0 Å². The average Bonchev–Trinajstić information content (AvgIpc) is 3.89. The van der Waals surface area contributed by atoms with Crippen LogP contribution in [0.2, 0.25) is 0 Å². The maximum Gasteiger partial charge on any atom is 0.149 e. The summed E-state index contributed by atoms with van der Waals surface area (Å²) in [6, 6.07) is 62.9. The number of rotatable bonds is 6. The Morgan fingerprint density at radius 1 is 0.435 bits per heavy atom. The number of hydrogen-bond acceptors (Lipinski definition) is 3. The first-order valence-corrected chi connectivity index (χ1v) is 24.1. The smallest absolute Gasteiger partial charge is 0.149 e. The van der Waals surface area contributed by atoms with Crippen LogP contribution in [-0.4, -0.2) is 24.2 Å². The average molecular weight is 899 g/mol. The van der Waals surface area contributed by atoms with E-state index in [0.29, 0.717) is 11.4 Å². The van der Waals surface area contributed by atoms with Gasteiger partial charge in [0.2, 0.25) is 0 Å². The Morgan fingerprint density at radius 2 is 1.01 bits per heavy atom. The van der Waals surface area contributed by atoms with Crippen molar-refractivity contribution in [2.75, 3.05) is 0 Å². The molecule has 8 aromatic carbocycles. The molecular formula is C64H58N4O. The summed E-state index contributed by atoms with van der Waals surface area (Å²) in [4.78, 5) is 10.6. The SMILES string of the molecule is CC(C)(C)c1cc(-c2cc(-c3cccc4c5ccccc5n(-c5cccc6ccccc56)c34)ccn2)cc(-c2cccc3c2nc(-c2ccccc2O)n3-c2cc(C(C)(C)C)cc(C(C)(C)C)c2)c1. The predicted octanol–water partition coefficient (Wildman–Crippen LogP) is 16.9. The van der Waals surface area contributed by atoms with Gasteiger partial charge >= 0.3 is 0 Å². The number of aromatic nitrogens is 4. The normalized spacial score (nSPS) is 12.5. The Hall–Kier alpha value is -7.76. The van der Waals surface area contributed by atoms with Gasteiger partial charge in [-0.2, -0.15) is 0 Å². The van der Waals surface area contributed by atoms with E-state index in [1.54, 1.807) is 6.07 Å². The molecule has 5 nitrogen and oxygen atoms in total. The number of phenols is 1. The molecule has 0 unspecified atom stereocenters. The molecule has 0 aliphatic heterocycles. The summed E-state index contributed by atoms with van der Waals surface area (Å²) in [7, 11) is 0. The van der Waals surface area contributed by atoms with Crippen molar-refractivity contribution in [3.05, 3.63) is 199 Å². The first kappa shape index (κ1) is 43.8. The number of phenolic OH excluding ortho intramolecular Hbond substituents is 1. The van der Waals surface area contributed by atoms with Gasteiger partial charge in [0.25, 0.3) is 0 Å². The van der Waals surface area contributed by atoms with Gasteiger partial charge in [-0.25, -0.2) is 4.98 Å². The lowest BCUT2D eigenvalue weighted by molar-refractivity contribution is 0.477. The number of pyridine rings is 1. The molecule has 0 saturated heterocycles. The molecule has 11 rings (SSSR count). The fourth-order valence-electron chi connectivity index (χ4n) is 10.1. The molecule has 0 aliphatic carbocycles. The molecule has 3 heterocycles. The zero-order valence-electron chi connectivity index (χ0n) is 41.1. The van der Waals surface area contributed by atoms with E-state index in [9.17, 15) is 5.11 Å². The van der Waals surface area contributed by atoms with Crippen molar-refractivity contribution in [2.45, 2.75) is 78.6 Å². The molecule has 0 amide bonds. The van der Waals surface area contributed by atoms with Crippen molar-refractivity contribution >= 4 is 43.6 Å². The standard InChI is InChI=1S/C64H58N4O/c1-62(2,3)44-34-42(49-24-18-29-57-59(49)66-61(53-23-13-15-30-58(53)69)67(57)47-38-45(63(4,5)6)37-46(39-47)64(7,8)9)33-43(35-44)54-36-41(31-32-65-54)50-25-17-26-52-51-22-12-14-27-56(51)68(60(50)52)55-28-16-20-40-19-10-11-21-48(40)55/h10-39,69H,1-9H3. The largest absolute Gasteiger partial charge is 0.507 e. The predicted molar refractivity (Wildman–Crippen MR) is 290 cm³/mol. The van der Waals surface area contributed by atoms with Crippen LogP contribution in [0.25, 0.3) is 99.9 Å². The van der Waals surface area contributed by atoms with E-state index in [2.05, 4.69) is 223 Å². The number of para-hydroxylation sites is 4. The molecule has 0 radical (unpaired) electrons. The van der Waals surface area contributed by atoms with Gasteiger partial charge in [0, 0.05) is 44.7 Å². The summed E-state index contributed by atoms with van der Waals surface area (Å²) in [5.74, 6) is 0.882. The molecule has 3 aromatic heterocycles. The van der Waals surface area contributed by atoms with E-state index in [1.807, 2.05) is 24.4 Å². The Labute approximate surface area is 405 Å². The minimum absolute atomic E-state index is 0.0938. The molecule has 0 bridgehead atoms. The first-order chi connectivity index (χ1) is 33.0. The molecule has 0 atom stereocenters. The lowest BCUT2D eigenvalue weighted by atomic mass is 9.80. The van der Waals surface area contributed by atoms with E-state index in [1.165, 1.54) is 49.3 Å². The Bertz CT molecular complexity index is 3770. The number of imidazole rings is 1. The van der Waals surface area contributed by atoms with E-state index in [-0.39, 0.29) is 22.0 Å². The van der Waals surface area contributed by atoms with Crippen molar-refractivity contribution in [1.29, 1.82) is 0 Å². The van der Waals surface area contributed by atoms with Gasteiger partial charge < -0.3 is 9.67 Å². The van der Waals surface area contributed by atoms with Gasteiger partial charge in [-0.15, -0.1) is 0 Å². The Balaban J connectivity index is 1.12. The zero-order valence-corrected chi connectivity index (χ0v) is 41.1. The minimum Gasteiger partial charge on any atom is -0.507 e. The van der Waals surface area contributed by atoms with Gasteiger partial charge in [0.1, 0.15) is 11.6 Å².